The lowest BCUT2D eigenvalue weighted by Crippen LogP contribution is -2.43. The van der Waals surface area contributed by atoms with Crippen LogP contribution in [0.2, 0.25) is 0 Å². The highest BCUT2D eigenvalue weighted by Gasteiger charge is 2.30. The molecule has 0 spiro atoms. The Labute approximate surface area is 130 Å². The molecule has 116 valence electrons. The Morgan fingerprint density at radius 3 is 2.50 bits per heavy atom. The third-order valence-electron chi connectivity index (χ3n) is 3.43. The SMILES string of the molecule is C=C(Br)CNC(=O)C1CCN(S(=O)(=O)CCCC)CC1. The first-order valence-corrected chi connectivity index (χ1v) is 9.36. The molecule has 1 aliphatic rings. The number of carbonyl (C=O) groups is 1. The van der Waals surface area contributed by atoms with E-state index in [2.05, 4.69) is 27.8 Å². The monoisotopic (exact) mass is 366 g/mol. The smallest absolute Gasteiger partial charge is 0.223 e. The van der Waals surface area contributed by atoms with Crippen molar-refractivity contribution in [3.8, 4) is 0 Å². The minimum absolute atomic E-state index is 0.0174. The van der Waals surface area contributed by atoms with Crippen molar-refractivity contribution in [2.24, 2.45) is 5.92 Å². The second-order valence-corrected chi connectivity index (χ2v) is 8.29. The minimum Gasteiger partial charge on any atom is -0.351 e. The van der Waals surface area contributed by atoms with Crippen LogP contribution < -0.4 is 5.32 Å². The molecule has 0 aromatic carbocycles. The minimum atomic E-state index is -3.14. The normalized spacial score (nSPS) is 17.9. The number of rotatable bonds is 7. The Morgan fingerprint density at radius 1 is 1.40 bits per heavy atom. The average molecular weight is 367 g/mol. The molecule has 0 radical (unpaired) electrons. The summed E-state index contributed by atoms with van der Waals surface area (Å²) in [6, 6.07) is 0. The van der Waals surface area contributed by atoms with Crippen LogP contribution >= 0.6 is 15.9 Å². The van der Waals surface area contributed by atoms with E-state index in [1.807, 2.05) is 6.92 Å². The molecule has 7 heteroatoms. The van der Waals surface area contributed by atoms with Gasteiger partial charge in [-0.25, -0.2) is 12.7 Å². The van der Waals surface area contributed by atoms with Crippen molar-refractivity contribution in [2.75, 3.05) is 25.4 Å². The van der Waals surface area contributed by atoms with Gasteiger partial charge >= 0.3 is 0 Å². The molecule has 0 aliphatic carbocycles. The van der Waals surface area contributed by atoms with Crippen LogP contribution in [0.1, 0.15) is 32.6 Å². The van der Waals surface area contributed by atoms with E-state index in [1.54, 1.807) is 0 Å². The summed E-state index contributed by atoms with van der Waals surface area (Å²) in [5.74, 6) is 0.0970. The fourth-order valence-electron chi connectivity index (χ4n) is 2.18. The van der Waals surface area contributed by atoms with Crippen molar-refractivity contribution in [1.29, 1.82) is 0 Å². The number of carbonyl (C=O) groups excluding carboxylic acids is 1. The number of nitrogens with zero attached hydrogens (tertiary/aromatic N) is 1. The van der Waals surface area contributed by atoms with Gasteiger partial charge in [0, 0.05) is 30.0 Å². The molecule has 0 unspecified atom stereocenters. The fraction of sp³-hybridized carbons (Fsp3) is 0.769. The summed E-state index contributed by atoms with van der Waals surface area (Å²) >= 11 is 3.19. The Morgan fingerprint density at radius 2 is 2.00 bits per heavy atom. The van der Waals surface area contributed by atoms with Gasteiger partial charge < -0.3 is 5.32 Å². The fourth-order valence-corrected chi connectivity index (χ4v) is 4.00. The first kappa shape index (κ1) is 17.7. The van der Waals surface area contributed by atoms with Crippen molar-refractivity contribution in [3.05, 3.63) is 11.1 Å². The van der Waals surface area contributed by atoms with Crippen LogP contribution in [0.5, 0.6) is 0 Å². The summed E-state index contributed by atoms with van der Waals surface area (Å²) in [5, 5.41) is 2.79. The molecule has 1 rings (SSSR count). The van der Waals surface area contributed by atoms with Gasteiger partial charge in [0.2, 0.25) is 15.9 Å². The lowest BCUT2D eigenvalue weighted by Gasteiger charge is -2.30. The predicted molar refractivity (Wildman–Crippen MR) is 84.1 cm³/mol. The first-order chi connectivity index (χ1) is 9.36. The number of sulfonamides is 1. The average Bonchev–Trinajstić information content (AvgIpc) is 2.42. The molecule has 0 bridgehead atoms. The van der Waals surface area contributed by atoms with Gasteiger partial charge in [0.05, 0.1) is 5.75 Å². The van der Waals surface area contributed by atoms with Gasteiger partial charge in [-0.05, 0) is 19.3 Å². The van der Waals surface area contributed by atoms with E-state index < -0.39 is 10.0 Å². The van der Waals surface area contributed by atoms with Crippen LogP contribution in [-0.4, -0.2) is 44.0 Å². The summed E-state index contributed by atoms with van der Waals surface area (Å²) in [6.07, 6.45) is 2.74. The first-order valence-electron chi connectivity index (χ1n) is 6.95. The Kier molecular flexibility index (Phi) is 7.19. The number of halogens is 1. The quantitative estimate of drug-likeness (QED) is 0.747. The van der Waals surface area contributed by atoms with Crippen molar-refractivity contribution >= 4 is 31.9 Å². The van der Waals surface area contributed by atoms with E-state index in [0.717, 1.165) is 10.9 Å². The van der Waals surface area contributed by atoms with Crippen LogP contribution in [0.3, 0.4) is 0 Å². The lowest BCUT2D eigenvalue weighted by molar-refractivity contribution is -0.125. The Hall–Kier alpha value is -0.400. The summed E-state index contributed by atoms with van der Waals surface area (Å²) in [6.45, 7) is 6.93. The van der Waals surface area contributed by atoms with Gasteiger partial charge in [-0.1, -0.05) is 35.9 Å². The second kappa shape index (κ2) is 8.14. The highest BCUT2D eigenvalue weighted by atomic mass is 79.9. The lowest BCUT2D eigenvalue weighted by atomic mass is 9.97. The van der Waals surface area contributed by atoms with E-state index in [4.69, 9.17) is 0 Å². The predicted octanol–water partition coefficient (Wildman–Crippen LogP) is 1.85. The summed E-state index contributed by atoms with van der Waals surface area (Å²) < 4.78 is 26.3. The molecule has 1 heterocycles. The zero-order valence-corrected chi connectivity index (χ0v) is 14.3. The van der Waals surface area contributed by atoms with Crippen molar-refractivity contribution in [2.45, 2.75) is 32.6 Å². The zero-order valence-electron chi connectivity index (χ0n) is 11.9. The molecule has 1 fully saturated rings. The largest absolute Gasteiger partial charge is 0.351 e. The van der Waals surface area contributed by atoms with Gasteiger partial charge in [0.1, 0.15) is 0 Å². The molecule has 1 amide bonds. The van der Waals surface area contributed by atoms with E-state index in [-0.39, 0.29) is 17.6 Å². The van der Waals surface area contributed by atoms with Crippen LogP contribution in [0.15, 0.2) is 11.1 Å². The Balaban J connectivity index is 2.43. The molecular formula is C13H23BrN2O3S. The Bertz CT molecular complexity index is 443. The van der Waals surface area contributed by atoms with E-state index >= 15 is 0 Å². The molecular weight excluding hydrogens is 344 g/mol. The van der Waals surface area contributed by atoms with Crippen LogP contribution in [-0.2, 0) is 14.8 Å². The topological polar surface area (TPSA) is 66.5 Å². The highest BCUT2D eigenvalue weighted by molar-refractivity contribution is 9.11. The molecule has 0 aromatic rings. The van der Waals surface area contributed by atoms with E-state index in [0.29, 0.717) is 38.9 Å². The number of hydrogen-bond donors (Lipinski definition) is 1. The molecule has 1 N–H and O–H groups in total. The van der Waals surface area contributed by atoms with Crippen molar-refractivity contribution in [3.63, 3.8) is 0 Å². The van der Waals surface area contributed by atoms with Gasteiger partial charge in [0.25, 0.3) is 0 Å². The third-order valence-corrected chi connectivity index (χ3v) is 5.67. The van der Waals surface area contributed by atoms with Gasteiger partial charge in [-0.2, -0.15) is 0 Å². The molecule has 0 saturated carbocycles. The number of amides is 1. The van der Waals surface area contributed by atoms with Crippen molar-refractivity contribution in [1.82, 2.24) is 9.62 Å². The summed E-state index contributed by atoms with van der Waals surface area (Å²) in [4.78, 5) is 11.9. The highest BCUT2D eigenvalue weighted by Crippen LogP contribution is 2.20. The van der Waals surface area contributed by atoms with Crippen LogP contribution in [0, 0.1) is 5.92 Å². The van der Waals surface area contributed by atoms with E-state index in [9.17, 15) is 13.2 Å². The molecule has 1 aliphatic heterocycles. The molecule has 20 heavy (non-hydrogen) atoms. The van der Waals surface area contributed by atoms with E-state index in [1.165, 1.54) is 4.31 Å². The molecule has 5 nitrogen and oxygen atoms in total. The second-order valence-electron chi connectivity index (χ2n) is 5.08. The zero-order chi connectivity index (χ0) is 15.2. The maximum absolute atomic E-state index is 12.0. The summed E-state index contributed by atoms with van der Waals surface area (Å²) in [5.41, 5.74) is 0. The molecule has 0 aromatic heterocycles. The number of unbranched alkanes of at least 4 members (excludes halogenated alkanes) is 1. The summed E-state index contributed by atoms with van der Waals surface area (Å²) in [7, 11) is -3.14. The standard InChI is InChI=1S/C13H23BrN2O3S/c1-3-4-9-20(18,19)16-7-5-12(6-8-16)13(17)15-10-11(2)14/h12H,2-10H2,1H3,(H,15,17). The maximum atomic E-state index is 12.0. The maximum Gasteiger partial charge on any atom is 0.223 e. The third kappa shape index (κ3) is 5.54. The number of nitrogens with one attached hydrogen (secondary N) is 1. The van der Waals surface area contributed by atoms with Crippen LogP contribution in [0.25, 0.3) is 0 Å². The molecule has 0 atom stereocenters. The molecule has 1 saturated heterocycles. The van der Waals surface area contributed by atoms with Crippen molar-refractivity contribution < 1.29 is 13.2 Å². The van der Waals surface area contributed by atoms with Gasteiger partial charge in [0.15, 0.2) is 0 Å². The van der Waals surface area contributed by atoms with Gasteiger partial charge in [-0.3, -0.25) is 4.79 Å². The number of piperidine rings is 1. The van der Waals surface area contributed by atoms with Crippen LogP contribution in [0.4, 0.5) is 0 Å². The van der Waals surface area contributed by atoms with Gasteiger partial charge in [-0.15, -0.1) is 0 Å². The number of hydrogen-bond acceptors (Lipinski definition) is 3.